The first-order chi connectivity index (χ1) is 11.4. The van der Waals surface area contributed by atoms with Crippen LogP contribution in [0.5, 0.6) is 5.75 Å². The molecule has 0 saturated carbocycles. The normalized spacial score (nSPS) is 30.4. The molecule has 1 aromatic rings. The number of urea groups is 1. The largest absolute Gasteiger partial charge is 0.497 e. The summed E-state index contributed by atoms with van der Waals surface area (Å²) >= 11 is 0. The smallest absolute Gasteiger partial charge is 0.329 e. The highest BCUT2D eigenvalue weighted by Crippen LogP contribution is 2.30. The Morgan fingerprint density at radius 1 is 1.33 bits per heavy atom. The van der Waals surface area contributed by atoms with Crippen LogP contribution in [0.25, 0.3) is 0 Å². The van der Waals surface area contributed by atoms with Gasteiger partial charge in [0.05, 0.1) is 20.2 Å². The predicted molar refractivity (Wildman–Crippen MR) is 89.7 cm³/mol. The lowest BCUT2D eigenvalue weighted by molar-refractivity contribution is -0.913. The molecule has 0 radical (unpaired) electrons. The number of imide groups is 1. The zero-order valence-electron chi connectivity index (χ0n) is 14.6. The number of nitrogens with zero attached hydrogens (tertiary/aromatic N) is 1. The number of hydrogen-bond acceptors (Lipinski definition) is 3. The molecular formula is C18H26N3O3+. The average Bonchev–Trinajstić information content (AvgIpc) is 2.81. The predicted octanol–water partition coefficient (Wildman–Crippen LogP) is 0.734. The van der Waals surface area contributed by atoms with Crippen LogP contribution < -0.4 is 15.0 Å². The highest BCUT2D eigenvalue weighted by molar-refractivity contribution is 6.07. The van der Waals surface area contributed by atoms with Crippen molar-refractivity contribution in [2.75, 3.05) is 26.9 Å². The van der Waals surface area contributed by atoms with Gasteiger partial charge in [-0.1, -0.05) is 19.1 Å². The monoisotopic (exact) mass is 332 g/mol. The lowest BCUT2D eigenvalue weighted by Gasteiger charge is -2.29. The second-order valence-corrected chi connectivity index (χ2v) is 7.11. The van der Waals surface area contributed by atoms with Crippen LogP contribution >= 0.6 is 0 Å². The van der Waals surface area contributed by atoms with Crippen LogP contribution in [0.4, 0.5) is 4.79 Å². The molecule has 2 fully saturated rings. The van der Waals surface area contributed by atoms with Gasteiger partial charge in [-0.25, -0.2) is 9.69 Å². The van der Waals surface area contributed by atoms with Gasteiger partial charge >= 0.3 is 6.03 Å². The third-order valence-corrected chi connectivity index (χ3v) is 5.29. The van der Waals surface area contributed by atoms with Gasteiger partial charge in [0.2, 0.25) is 0 Å². The molecule has 3 amide bonds. The summed E-state index contributed by atoms with van der Waals surface area (Å²) in [5, 5.41) is 2.86. The number of benzene rings is 1. The zero-order valence-corrected chi connectivity index (χ0v) is 14.6. The summed E-state index contributed by atoms with van der Waals surface area (Å²) in [5.41, 5.74) is -0.293. The van der Waals surface area contributed by atoms with Gasteiger partial charge in [0.1, 0.15) is 11.3 Å². The average molecular weight is 332 g/mol. The molecule has 0 spiro atoms. The van der Waals surface area contributed by atoms with Crippen molar-refractivity contribution in [3.8, 4) is 5.75 Å². The lowest BCUT2D eigenvalue weighted by atomic mass is 9.92. The van der Waals surface area contributed by atoms with Crippen molar-refractivity contribution in [3.63, 3.8) is 0 Å². The van der Waals surface area contributed by atoms with Crippen LogP contribution in [-0.2, 0) is 10.3 Å². The van der Waals surface area contributed by atoms with E-state index in [4.69, 9.17) is 4.74 Å². The molecule has 2 saturated heterocycles. The molecule has 1 atom stereocenters. The van der Waals surface area contributed by atoms with Crippen LogP contribution in [0.15, 0.2) is 24.3 Å². The van der Waals surface area contributed by atoms with Crippen molar-refractivity contribution in [2.45, 2.75) is 32.2 Å². The lowest BCUT2D eigenvalue weighted by Crippen LogP contribution is -3.14. The Kier molecular flexibility index (Phi) is 4.49. The third kappa shape index (κ3) is 2.98. The molecule has 24 heavy (non-hydrogen) atoms. The molecule has 6 nitrogen and oxygen atoms in total. The summed E-state index contributed by atoms with van der Waals surface area (Å²) in [5.74, 6) is 1.22. The van der Waals surface area contributed by atoms with Gasteiger partial charge < -0.3 is 15.0 Å². The SMILES string of the molecule is COc1cccc([C@@]2(C)NC(=O)N(C[NH+]3CCC(C)CC3)C2=O)c1. The number of ether oxygens (including phenoxy) is 1. The van der Waals surface area contributed by atoms with Crippen molar-refractivity contribution < 1.29 is 19.2 Å². The van der Waals surface area contributed by atoms with Crippen molar-refractivity contribution in [2.24, 2.45) is 5.92 Å². The minimum absolute atomic E-state index is 0.188. The van der Waals surface area contributed by atoms with E-state index in [2.05, 4.69) is 12.2 Å². The second-order valence-electron chi connectivity index (χ2n) is 7.11. The molecular weight excluding hydrogens is 306 g/mol. The van der Waals surface area contributed by atoms with E-state index in [0.717, 1.165) is 37.4 Å². The minimum Gasteiger partial charge on any atom is -0.497 e. The van der Waals surface area contributed by atoms with Gasteiger partial charge in [-0.15, -0.1) is 0 Å². The van der Waals surface area contributed by atoms with E-state index in [9.17, 15) is 9.59 Å². The number of methoxy groups -OCH3 is 1. The van der Waals surface area contributed by atoms with Crippen LogP contribution in [0.3, 0.4) is 0 Å². The maximum atomic E-state index is 13.0. The highest BCUT2D eigenvalue weighted by Gasteiger charge is 2.50. The van der Waals surface area contributed by atoms with Crippen LogP contribution in [0.1, 0.15) is 32.3 Å². The number of quaternary nitrogens is 1. The Hall–Kier alpha value is -2.08. The van der Waals surface area contributed by atoms with E-state index in [1.54, 1.807) is 20.1 Å². The fourth-order valence-corrected chi connectivity index (χ4v) is 3.52. The van der Waals surface area contributed by atoms with Gasteiger partial charge in [0.25, 0.3) is 5.91 Å². The second kappa shape index (κ2) is 6.43. The number of nitrogens with one attached hydrogen (secondary N) is 2. The van der Waals surface area contributed by atoms with Crippen LogP contribution in [0.2, 0.25) is 0 Å². The first-order valence-corrected chi connectivity index (χ1v) is 8.56. The van der Waals surface area contributed by atoms with Crippen molar-refractivity contribution in [1.29, 1.82) is 0 Å². The van der Waals surface area contributed by atoms with E-state index in [-0.39, 0.29) is 11.9 Å². The summed E-state index contributed by atoms with van der Waals surface area (Å²) in [7, 11) is 1.59. The maximum absolute atomic E-state index is 13.0. The summed E-state index contributed by atoms with van der Waals surface area (Å²) in [6, 6.07) is 7.00. The Labute approximate surface area is 142 Å². The van der Waals surface area contributed by atoms with Gasteiger partial charge in [-0.05, 0) is 43.4 Å². The van der Waals surface area contributed by atoms with Gasteiger partial charge in [-0.2, -0.15) is 0 Å². The molecule has 0 aliphatic carbocycles. The van der Waals surface area contributed by atoms with Crippen LogP contribution in [-0.4, -0.2) is 43.7 Å². The molecule has 0 aromatic heterocycles. The van der Waals surface area contributed by atoms with E-state index in [1.165, 1.54) is 9.80 Å². The molecule has 6 heteroatoms. The number of amides is 3. The molecule has 3 rings (SSSR count). The molecule has 0 unspecified atom stereocenters. The molecule has 0 bridgehead atoms. The van der Waals surface area contributed by atoms with E-state index < -0.39 is 5.54 Å². The Balaban J connectivity index is 1.77. The summed E-state index contributed by atoms with van der Waals surface area (Å²) in [6.45, 7) is 6.47. The maximum Gasteiger partial charge on any atom is 0.329 e. The minimum atomic E-state index is -1.03. The summed E-state index contributed by atoms with van der Waals surface area (Å²) in [4.78, 5) is 28.0. The van der Waals surface area contributed by atoms with Crippen molar-refractivity contribution in [1.82, 2.24) is 10.2 Å². The Morgan fingerprint density at radius 3 is 2.71 bits per heavy atom. The third-order valence-electron chi connectivity index (χ3n) is 5.29. The van der Waals surface area contributed by atoms with Gasteiger partial charge in [0.15, 0.2) is 6.67 Å². The van der Waals surface area contributed by atoms with E-state index >= 15 is 0 Å². The standard InChI is InChI=1S/C18H25N3O3/c1-13-7-9-20(10-8-13)12-21-16(22)18(2,19-17(21)23)14-5-4-6-15(11-14)24-3/h4-6,11,13H,7-10,12H2,1-3H3,(H,19,23)/p+1/t18-/m1/s1. The zero-order chi connectivity index (χ0) is 17.3. The molecule has 2 aliphatic rings. The number of carbonyl (C=O) groups is 2. The number of piperidine rings is 1. The van der Waals surface area contributed by atoms with Crippen LogP contribution in [0, 0.1) is 5.92 Å². The van der Waals surface area contributed by atoms with Gasteiger partial charge in [0, 0.05) is 0 Å². The number of carbonyl (C=O) groups excluding carboxylic acids is 2. The fourth-order valence-electron chi connectivity index (χ4n) is 3.52. The first-order valence-electron chi connectivity index (χ1n) is 8.56. The fraction of sp³-hybridized carbons (Fsp3) is 0.556. The molecule has 130 valence electrons. The topological polar surface area (TPSA) is 63.1 Å². The highest BCUT2D eigenvalue weighted by atomic mass is 16.5. The summed E-state index contributed by atoms with van der Waals surface area (Å²) in [6.07, 6.45) is 2.29. The van der Waals surface area contributed by atoms with E-state index in [1.807, 2.05) is 18.2 Å². The van der Waals surface area contributed by atoms with Gasteiger partial charge in [-0.3, -0.25) is 4.79 Å². The molecule has 2 N–H and O–H groups in total. The molecule has 1 aromatic carbocycles. The van der Waals surface area contributed by atoms with Crippen molar-refractivity contribution in [3.05, 3.63) is 29.8 Å². The number of likely N-dealkylation sites (tertiary alicyclic amines) is 1. The first kappa shape index (κ1) is 16.8. The van der Waals surface area contributed by atoms with Crippen molar-refractivity contribution >= 4 is 11.9 Å². The molecule has 2 heterocycles. The Bertz CT molecular complexity index is 640. The number of rotatable bonds is 4. The summed E-state index contributed by atoms with van der Waals surface area (Å²) < 4.78 is 5.24. The Morgan fingerprint density at radius 2 is 2.04 bits per heavy atom. The van der Waals surface area contributed by atoms with E-state index in [0.29, 0.717) is 12.4 Å². The molecule has 2 aliphatic heterocycles. The number of hydrogen-bond donors (Lipinski definition) is 2. The quantitative estimate of drug-likeness (QED) is 0.799.